The Bertz CT molecular complexity index is 593. The Morgan fingerprint density at radius 1 is 1.12 bits per heavy atom. The lowest BCUT2D eigenvalue weighted by molar-refractivity contribution is -0.126. The van der Waals surface area contributed by atoms with Crippen molar-refractivity contribution in [2.45, 2.75) is 38.3 Å². The van der Waals surface area contributed by atoms with Crippen molar-refractivity contribution in [1.82, 2.24) is 20.0 Å². The van der Waals surface area contributed by atoms with Gasteiger partial charge in [0.05, 0.1) is 5.69 Å². The quantitative estimate of drug-likeness (QED) is 0.853. The molecule has 4 rings (SSSR count). The maximum Gasteiger partial charge on any atom is 0.246 e. The van der Waals surface area contributed by atoms with Gasteiger partial charge in [-0.3, -0.25) is 14.4 Å². The van der Waals surface area contributed by atoms with E-state index in [1.165, 1.54) is 0 Å². The van der Waals surface area contributed by atoms with Crippen molar-refractivity contribution in [3.8, 4) is 0 Å². The van der Waals surface area contributed by atoms with Crippen molar-refractivity contribution in [2.24, 2.45) is 11.8 Å². The summed E-state index contributed by atoms with van der Waals surface area (Å²) in [7, 11) is 0. The topological polar surface area (TPSA) is 68.6 Å². The molecule has 1 atom stereocenters. The first-order valence-electron chi connectivity index (χ1n) is 9.97. The number of ether oxygens (including phenoxy) is 2. The fraction of sp³-hybridized carbons (Fsp3) is 0.789. The third-order valence-corrected chi connectivity index (χ3v) is 5.93. The Balaban J connectivity index is 1.36. The minimum absolute atomic E-state index is 0.0955. The van der Waals surface area contributed by atoms with Gasteiger partial charge in [0.25, 0.3) is 0 Å². The first-order chi connectivity index (χ1) is 12.8. The van der Waals surface area contributed by atoms with Crippen LogP contribution in [0.3, 0.4) is 0 Å². The molecular formula is C19H30N4O3. The van der Waals surface area contributed by atoms with Crippen LogP contribution in [-0.2, 0) is 20.8 Å². The second-order valence-electron chi connectivity index (χ2n) is 7.83. The third kappa shape index (κ3) is 4.27. The van der Waals surface area contributed by atoms with Gasteiger partial charge in [0.2, 0.25) is 5.91 Å². The molecule has 0 aromatic carbocycles. The number of hydrogen-bond donors (Lipinski definition) is 1. The van der Waals surface area contributed by atoms with Crippen LogP contribution in [0, 0.1) is 11.8 Å². The minimum Gasteiger partial charge on any atom is -0.381 e. The van der Waals surface area contributed by atoms with Crippen molar-refractivity contribution >= 4 is 5.91 Å². The van der Waals surface area contributed by atoms with Crippen molar-refractivity contribution in [3.63, 3.8) is 0 Å². The van der Waals surface area contributed by atoms with Gasteiger partial charge in [-0.2, -0.15) is 5.10 Å². The lowest BCUT2D eigenvalue weighted by Gasteiger charge is -2.36. The van der Waals surface area contributed by atoms with E-state index in [2.05, 4.69) is 15.3 Å². The van der Waals surface area contributed by atoms with Gasteiger partial charge in [-0.15, -0.1) is 0 Å². The van der Waals surface area contributed by atoms with Crippen molar-refractivity contribution in [3.05, 3.63) is 18.0 Å². The summed E-state index contributed by atoms with van der Waals surface area (Å²) in [4.78, 5) is 15.3. The number of aromatic nitrogens is 2. The van der Waals surface area contributed by atoms with Crippen LogP contribution in [0.15, 0.2) is 12.3 Å². The molecule has 144 valence electrons. The van der Waals surface area contributed by atoms with Crippen LogP contribution in [0.2, 0.25) is 0 Å². The molecule has 2 saturated heterocycles. The number of carbonyl (C=O) groups is 1. The average molecular weight is 362 g/mol. The van der Waals surface area contributed by atoms with Gasteiger partial charge in [-0.25, -0.2) is 0 Å². The monoisotopic (exact) mass is 362 g/mol. The predicted octanol–water partition coefficient (Wildman–Crippen LogP) is 1.21. The van der Waals surface area contributed by atoms with Crippen LogP contribution >= 0.6 is 0 Å². The summed E-state index contributed by atoms with van der Waals surface area (Å²) in [6.45, 7) is 6.76. The molecule has 3 aliphatic heterocycles. The molecule has 1 aromatic rings. The standard InChI is InChI=1S/C19H30N4O3/c24-19(20-11-15-2-7-25-8-3-15)18-14-22(12-16-4-9-26-10-5-16)13-17-1-6-21-23(17)18/h1,6,15-16,18H,2-5,7-14H2,(H,20,24). The molecule has 2 fully saturated rings. The zero-order valence-corrected chi connectivity index (χ0v) is 15.4. The number of nitrogens with zero attached hydrogens (tertiary/aromatic N) is 3. The Labute approximate surface area is 155 Å². The van der Waals surface area contributed by atoms with E-state index in [9.17, 15) is 4.79 Å². The Morgan fingerprint density at radius 3 is 2.54 bits per heavy atom. The van der Waals surface area contributed by atoms with Gasteiger partial charge < -0.3 is 14.8 Å². The van der Waals surface area contributed by atoms with Gasteiger partial charge in [-0.1, -0.05) is 0 Å². The van der Waals surface area contributed by atoms with Crippen LogP contribution in [0.1, 0.15) is 37.4 Å². The van der Waals surface area contributed by atoms with Gasteiger partial charge in [0.15, 0.2) is 0 Å². The zero-order chi connectivity index (χ0) is 17.8. The molecule has 26 heavy (non-hydrogen) atoms. The van der Waals surface area contributed by atoms with E-state index < -0.39 is 0 Å². The van der Waals surface area contributed by atoms with Gasteiger partial charge in [0, 0.05) is 58.8 Å². The molecule has 4 heterocycles. The van der Waals surface area contributed by atoms with E-state index in [-0.39, 0.29) is 11.9 Å². The Hall–Kier alpha value is -1.44. The molecule has 1 N–H and O–H groups in total. The van der Waals surface area contributed by atoms with Crippen LogP contribution in [-0.4, -0.2) is 66.6 Å². The summed E-state index contributed by atoms with van der Waals surface area (Å²) < 4.78 is 12.8. The second kappa shape index (κ2) is 8.50. The molecule has 0 bridgehead atoms. The SMILES string of the molecule is O=C(NCC1CCOCC1)C1CN(CC2CCOCC2)Cc2ccnn21. The number of amides is 1. The average Bonchev–Trinajstić information content (AvgIpc) is 3.15. The molecular weight excluding hydrogens is 332 g/mol. The Kier molecular flexibility index (Phi) is 5.87. The fourth-order valence-electron chi connectivity index (χ4n) is 4.30. The van der Waals surface area contributed by atoms with E-state index in [4.69, 9.17) is 9.47 Å². The number of carbonyl (C=O) groups excluding carboxylic acids is 1. The number of hydrogen-bond acceptors (Lipinski definition) is 5. The second-order valence-corrected chi connectivity index (χ2v) is 7.83. The maximum absolute atomic E-state index is 12.9. The first-order valence-corrected chi connectivity index (χ1v) is 9.97. The van der Waals surface area contributed by atoms with Crippen LogP contribution in [0.5, 0.6) is 0 Å². The molecule has 0 spiro atoms. The highest BCUT2D eigenvalue weighted by Gasteiger charge is 2.32. The third-order valence-electron chi connectivity index (χ3n) is 5.93. The molecule has 1 unspecified atom stereocenters. The van der Waals surface area contributed by atoms with Gasteiger partial charge in [-0.05, 0) is 43.6 Å². The number of fused-ring (bicyclic) bond motifs is 1. The van der Waals surface area contributed by atoms with E-state index in [0.717, 1.165) is 84.0 Å². The molecule has 0 saturated carbocycles. The summed E-state index contributed by atoms with van der Waals surface area (Å²) in [5.41, 5.74) is 1.13. The smallest absolute Gasteiger partial charge is 0.246 e. The fourth-order valence-corrected chi connectivity index (χ4v) is 4.30. The lowest BCUT2D eigenvalue weighted by atomic mass is 9.98. The summed E-state index contributed by atoms with van der Waals surface area (Å²) in [6.07, 6.45) is 6.13. The molecule has 3 aliphatic rings. The molecule has 7 nitrogen and oxygen atoms in total. The van der Waals surface area contributed by atoms with Crippen LogP contribution < -0.4 is 5.32 Å². The van der Waals surface area contributed by atoms with Crippen molar-refractivity contribution < 1.29 is 14.3 Å². The zero-order valence-electron chi connectivity index (χ0n) is 15.4. The molecule has 0 aliphatic carbocycles. The Morgan fingerprint density at radius 2 is 1.81 bits per heavy atom. The van der Waals surface area contributed by atoms with Gasteiger partial charge >= 0.3 is 0 Å². The summed E-state index contributed by atoms with van der Waals surface area (Å²) >= 11 is 0. The molecule has 1 aromatic heterocycles. The van der Waals surface area contributed by atoms with E-state index in [0.29, 0.717) is 11.8 Å². The van der Waals surface area contributed by atoms with E-state index >= 15 is 0 Å². The molecule has 7 heteroatoms. The highest BCUT2D eigenvalue weighted by atomic mass is 16.5. The normalized spacial score (nSPS) is 25.8. The summed E-state index contributed by atoms with van der Waals surface area (Å²) in [6, 6.07) is 1.81. The first kappa shape index (κ1) is 17.9. The van der Waals surface area contributed by atoms with E-state index in [1.54, 1.807) is 0 Å². The molecule has 1 amide bonds. The highest BCUT2D eigenvalue weighted by molar-refractivity contribution is 5.80. The highest BCUT2D eigenvalue weighted by Crippen LogP contribution is 2.24. The predicted molar refractivity (Wildman–Crippen MR) is 96.6 cm³/mol. The summed E-state index contributed by atoms with van der Waals surface area (Å²) in [5, 5.41) is 7.60. The number of nitrogens with one attached hydrogen (secondary N) is 1. The maximum atomic E-state index is 12.9. The largest absolute Gasteiger partial charge is 0.381 e. The number of rotatable bonds is 5. The summed E-state index contributed by atoms with van der Waals surface area (Å²) in [5.74, 6) is 1.30. The van der Waals surface area contributed by atoms with Crippen molar-refractivity contribution in [1.29, 1.82) is 0 Å². The van der Waals surface area contributed by atoms with Gasteiger partial charge in [0.1, 0.15) is 6.04 Å². The van der Waals surface area contributed by atoms with E-state index in [1.807, 2.05) is 16.9 Å². The lowest BCUT2D eigenvalue weighted by Crippen LogP contribution is -2.47. The molecule has 0 radical (unpaired) electrons. The van der Waals surface area contributed by atoms with Crippen molar-refractivity contribution in [2.75, 3.05) is 46.1 Å². The van der Waals surface area contributed by atoms with Crippen LogP contribution in [0.25, 0.3) is 0 Å². The van der Waals surface area contributed by atoms with Crippen LogP contribution in [0.4, 0.5) is 0 Å². The minimum atomic E-state index is -0.228.